The van der Waals surface area contributed by atoms with Gasteiger partial charge in [-0.25, -0.2) is 9.37 Å². The molecule has 0 saturated carbocycles. The number of halogens is 1. The van der Waals surface area contributed by atoms with E-state index in [9.17, 15) is 14.0 Å². The molecule has 0 spiro atoms. The van der Waals surface area contributed by atoms with Gasteiger partial charge in [-0.1, -0.05) is 23.9 Å². The Morgan fingerprint density at radius 2 is 2.04 bits per heavy atom. The van der Waals surface area contributed by atoms with E-state index < -0.39 is 0 Å². The molecular weight excluding hydrogens is 367 g/mol. The molecule has 4 rings (SSSR count). The van der Waals surface area contributed by atoms with Crippen LogP contribution in [0.2, 0.25) is 0 Å². The van der Waals surface area contributed by atoms with Crippen molar-refractivity contribution in [3.8, 4) is 11.4 Å². The first kappa shape index (κ1) is 17.4. The van der Waals surface area contributed by atoms with Gasteiger partial charge in [-0.3, -0.25) is 14.7 Å². The molecule has 8 heteroatoms. The van der Waals surface area contributed by atoms with Crippen LogP contribution in [0.4, 0.5) is 10.1 Å². The molecule has 2 heterocycles. The number of thioether (sulfide) groups is 1. The number of rotatable bonds is 5. The van der Waals surface area contributed by atoms with Gasteiger partial charge in [0.1, 0.15) is 5.82 Å². The lowest BCUT2D eigenvalue weighted by molar-refractivity contribution is -0.116. The maximum atomic E-state index is 13.8. The molecule has 0 aliphatic carbocycles. The molecule has 1 aliphatic rings. The summed E-state index contributed by atoms with van der Waals surface area (Å²) in [6.07, 6.45) is 1.05. The van der Waals surface area contributed by atoms with Crippen LogP contribution in [0.1, 0.15) is 22.3 Å². The maximum absolute atomic E-state index is 13.8. The highest BCUT2D eigenvalue weighted by Crippen LogP contribution is 2.25. The van der Waals surface area contributed by atoms with E-state index >= 15 is 0 Å². The van der Waals surface area contributed by atoms with E-state index in [4.69, 9.17) is 0 Å². The number of hydrogen-bond acceptors (Lipinski definition) is 5. The molecule has 0 radical (unpaired) electrons. The van der Waals surface area contributed by atoms with Crippen molar-refractivity contribution in [2.45, 2.75) is 18.0 Å². The third kappa shape index (κ3) is 3.75. The number of aromatic amines is 1. The lowest BCUT2D eigenvalue weighted by Gasteiger charge is -2.17. The number of H-pyrrole nitrogens is 1. The normalized spacial score (nSPS) is 13.1. The van der Waals surface area contributed by atoms with Gasteiger partial charge in [0.25, 0.3) is 0 Å². The number of nitrogens with zero attached hydrogens (tertiary/aromatic N) is 2. The Labute approximate surface area is 158 Å². The van der Waals surface area contributed by atoms with E-state index in [2.05, 4.69) is 20.5 Å². The highest BCUT2D eigenvalue weighted by Gasteiger charge is 2.17. The summed E-state index contributed by atoms with van der Waals surface area (Å²) in [7, 11) is 0. The number of anilines is 1. The van der Waals surface area contributed by atoms with Crippen molar-refractivity contribution in [2.75, 3.05) is 11.1 Å². The predicted octanol–water partition coefficient (Wildman–Crippen LogP) is 3.47. The fourth-order valence-electron chi connectivity index (χ4n) is 2.85. The number of aromatic nitrogens is 3. The minimum atomic E-state index is -0.387. The fraction of sp³-hybridized carbons (Fsp3) is 0.158. The monoisotopic (exact) mass is 382 g/mol. The SMILES string of the molecule is O=C1CCc2cc(C(=O)CSc3n[nH]c(-c4ccccc4F)n3)ccc2N1. The molecule has 27 heavy (non-hydrogen) atoms. The number of hydrogen-bond donors (Lipinski definition) is 2. The Morgan fingerprint density at radius 3 is 2.89 bits per heavy atom. The second kappa shape index (κ2) is 7.32. The number of carbonyl (C=O) groups excluding carboxylic acids is 2. The second-order valence-electron chi connectivity index (χ2n) is 6.08. The molecule has 1 amide bonds. The molecule has 3 aromatic rings. The van der Waals surface area contributed by atoms with Crippen molar-refractivity contribution in [3.05, 3.63) is 59.4 Å². The van der Waals surface area contributed by atoms with Crippen LogP contribution in [0.3, 0.4) is 0 Å². The smallest absolute Gasteiger partial charge is 0.224 e. The van der Waals surface area contributed by atoms with Gasteiger partial charge in [0, 0.05) is 17.7 Å². The van der Waals surface area contributed by atoms with Crippen molar-refractivity contribution in [3.63, 3.8) is 0 Å². The third-order valence-corrected chi connectivity index (χ3v) is 5.10. The van der Waals surface area contributed by atoms with Crippen molar-refractivity contribution in [2.24, 2.45) is 0 Å². The Kier molecular flexibility index (Phi) is 4.72. The van der Waals surface area contributed by atoms with Crippen LogP contribution in [0.15, 0.2) is 47.6 Å². The molecule has 6 nitrogen and oxygen atoms in total. The molecule has 0 saturated heterocycles. The van der Waals surface area contributed by atoms with Crippen LogP contribution in [0, 0.1) is 5.82 Å². The number of benzene rings is 2. The third-order valence-electron chi connectivity index (χ3n) is 4.25. The summed E-state index contributed by atoms with van der Waals surface area (Å²) in [4.78, 5) is 28.1. The highest BCUT2D eigenvalue weighted by molar-refractivity contribution is 7.99. The van der Waals surface area contributed by atoms with Gasteiger partial charge in [0.05, 0.1) is 11.3 Å². The number of nitrogens with one attached hydrogen (secondary N) is 2. The quantitative estimate of drug-likeness (QED) is 0.521. The summed E-state index contributed by atoms with van der Waals surface area (Å²) >= 11 is 1.19. The van der Waals surface area contributed by atoms with Crippen LogP contribution in [-0.2, 0) is 11.2 Å². The number of Topliss-reactive ketones (excluding diaryl/α,β-unsaturated/α-hetero) is 1. The van der Waals surface area contributed by atoms with Crippen LogP contribution < -0.4 is 5.32 Å². The lowest BCUT2D eigenvalue weighted by atomic mass is 9.99. The first-order valence-electron chi connectivity index (χ1n) is 8.36. The maximum Gasteiger partial charge on any atom is 0.224 e. The van der Waals surface area contributed by atoms with E-state index in [0.29, 0.717) is 34.9 Å². The van der Waals surface area contributed by atoms with Crippen molar-refractivity contribution in [1.29, 1.82) is 0 Å². The van der Waals surface area contributed by atoms with Crippen LogP contribution >= 0.6 is 11.8 Å². The molecule has 0 atom stereocenters. The zero-order valence-corrected chi connectivity index (χ0v) is 15.0. The van der Waals surface area contributed by atoms with Gasteiger partial charge >= 0.3 is 0 Å². The Bertz CT molecular complexity index is 1030. The van der Waals surface area contributed by atoms with E-state index in [1.807, 2.05) is 6.07 Å². The molecule has 136 valence electrons. The van der Waals surface area contributed by atoms with Crippen molar-refractivity contribution in [1.82, 2.24) is 15.2 Å². The zero-order valence-electron chi connectivity index (χ0n) is 14.2. The average Bonchev–Trinajstić information content (AvgIpc) is 3.15. The number of ketones is 1. The number of carbonyl (C=O) groups is 2. The van der Waals surface area contributed by atoms with Crippen molar-refractivity contribution < 1.29 is 14.0 Å². The largest absolute Gasteiger partial charge is 0.326 e. The van der Waals surface area contributed by atoms with Crippen LogP contribution in [0.5, 0.6) is 0 Å². The highest BCUT2D eigenvalue weighted by atomic mass is 32.2. The summed E-state index contributed by atoms with van der Waals surface area (Å²) in [5.74, 6) is 0.0408. The van der Waals surface area contributed by atoms with Crippen LogP contribution in [-0.4, -0.2) is 32.6 Å². The standard InChI is InChI=1S/C19H15FN4O2S/c20-14-4-2-1-3-13(14)18-22-19(24-23-18)27-10-16(25)12-5-7-15-11(9-12)6-8-17(26)21-15/h1-5,7,9H,6,8,10H2,(H,21,26)(H,22,23,24). The molecular formula is C19H15FN4O2S. The van der Waals surface area contributed by atoms with Gasteiger partial charge in [-0.2, -0.15) is 0 Å². The lowest BCUT2D eigenvalue weighted by Crippen LogP contribution is -2.19. The van der Waals surface area contributed by atoms with Gasteiger partial charge in [0.15, 0.2) is 11.6 Å². The molecule has 0 bridgehead atoms. The number of aryl methyl sites for hydroxylation is 1. The number of fused-ring (bicyclic) bond motifs is 1. The average molecular weight is 382 g/mol. The first-order chi connectivity index (χ1) is 13.1. The topological polar surface area (TPSA) is 87.7 Å². The molecule has 1 aliphatic heterocycles. The fourth-order valence-corrected chi connectivity index (χ4v) is 3.55. The molecule has 0 fully saturated rings. The minimum absolute atomic E-state index is 0.00704. The van der Waals surface area contributed by atoms with E-state index in [-0.39, 0.29) is 23.3 Å². The molecule has 0 unspecified atom stereocenters. The summed E-state index contributed by atoms with van der Waals surface area (Å²) in [6, 6.07) is 11.6. The summed E-state index contributed by atoms with van der Waals surface area (Å²) in [5.41, 5.74) is 2.64. The predicted molar refractivity (Wildman–Crippen MR) is 100 cm³/mol. The summed E-state index contributed by atoms with van der Waals surface area (Å²) < 4.78 is 13.8. The second-order valence-corrected chi connectivity index (χ2v) is 7.02. The summed E-state index contributed by atoms with van der Waals surface area (Å²) in [5, 5.41) is 9.91. The van der Waals surface area contributed by atoms with Crippen LogP contribution in [0.25, 0.3) is 11.4 Å². The number of amides is 1. The Balaban J connectivity index is 1.43. The zero-order chi connectivity index (χ0) is 18.8. The molecule has 2 aromatic carbocycles. The Hall–Kier alpha value is -3.00. The van der Waals surface area contributed by atoms with Gasteiger partial charge in [-0.15, -0.1) is 5.10 Å². The first-order valence-corrected chi connectivity index (χ1v) is 9.35. The Morgan fingerprint density at radius 1 is 1.19 bits per heavy atom. The minimum Gasteiger partial charge on any atom is -0.326 e. The van der Waals surface area contributed by atoms with Crippen molar-refractivity contribution >= 4 is 29.1 Å². The van der Waals surface area contributed by atoms with Gasteiger partial charge < -0.3 is 5.32 Å². The van der Waals surface area contributed by atoms with Gasteiger partial charge in [-0.05, 0) is 42.3 Å². The van der Waals surface area contributed by atoms with E-state index in [1.54, 1.807) is 30.3 Å². The van der Waals surface area contributed by atoms with Gasteiger partial charge in [0.2, 0.25) is 11.1 Å². The van der Waals surface area contributed by atoms with E-state index in [0.717, 1.165) is 11.3 Å². The summed E-state index contributed by atoms with van der Waals surface area (Å²) in [6.45, 7) is 0. The van der Waals surface area contributed by atoms with E-state index in [1.165, 1.54) is 17.8 Å². The molecule has 2 N–H and O–H groups in total. The molecule has 1 aromatic heterocycles.